The summed E-state index contributed by atoms with van der Waals surface area (Å²) in [5.41, 5.74) is 8.63. The van der Waals surface area contributed by atoms with Gasteiger partial charge in [0.2, 0.25) is 5.91 Å². The third-order valence-electron chi connectivity index (χ3n) is 5.07. The summed E-state index contributed by atoms with van der Waals surface area (Å²) in [6, 6.07) is 8.25. The Kier molecular flexibility index (Phi) is 5.68. The average Bonchev–Trinajstić information content (AvgIpc) is 3.11. The highest BCUT2D eigenvalue weighted by Crippen LogP contribution is 2.15. The molecule has 3 rings (SSSR count). The molecule has 126 valence electrons. The Bertz CT molecular complexity index is 502. The van der Waals surface area contributed by atoms with Gasteiger partial charge in [-0.25, -0.2) is 0 Å². The zero-order chi connectivity index (χ0) is 16.1. The van der Waals surface area contributed by atoms with Crippen LogP contribution in [-0.2, 0) is 17.8 Å². The number of rotatable bonds is 5. The molecule has 0 saturated carbocycles. The number of benzene rings is 1. The molecule has 0 aliphatic carbocycles. The van der Waals surface area contributed by atoms with Crippen LogP contribution in [0.1, 0.15) is 43.2 Å². The summed E-state index contributed by atoms with van der Waals surface area (Å²) in [6.07, 6.45) is 6.89. The predicted octanol–water partition coefficient (Wildman–Crippen LogP) is 2.16. The van der Waals surface area contributed by atoms with Gasteiger partial charge in [-0.1, -0.05) is 30.7 Å². The number of piperidine rings is 1. The van der Waals surface area contributed by atoms with Crippen LogP contribution in [0.5, 0.6) is 0 Å². The first-order valence-electron chi connectivity index (χ1n) is 9.07. The summed E-state index contributed by atoms with van der Waals surface area (Å²) < 4.78 is 0. The monoisotopic (exact) mass is 315 g/mol. The molecule has 2 N–H and O–H groups in total. The summed E-state index contributed by atoms with van der Waals surface area (Å²) in [5, 5.41) is 0. The molecule has 0 aromatic heterocycles. The van der Waals surface area contributed by atoms with Crippen LogP contribution in [0.2, 0.25) is 0 Å². The molecule has 1 atom stereocenters. The Morgan fingerprint density at radius 2 is 1.48 bits per heavy atom. The van der Waals surface area contributed by atoms with Crippen molar-refractivity contribution < 1.29 is 4.79 Å². The molecule has 1 amide bonds. The van der Waals surface area contributed by atoms with E-state index in [9.17, 15) is 4.79 Å². The second kappa shape index (κ2) is 7.93. The first-order valence-corrected chi connectivity index (χ1v) is 9.07. The summed E-state index contributed by atoms with van der Waals surface area (Å²) in [5.74, 6) is 0.111. The van der Waals surface area contributed by atoms with Crippen LogP contribution in [0.25, 0.3) is 0 Å². The van der Waals surface area contributed by atoms with Gasteiger partial charge in [0.25, 0.3) is 0 Å². The molecule has 23 heavy (non-hydrogen) atoms. The Hall–Kier alpha value is -1.39. The van der Waals surface area contributed by atoms with Gasteiger partial charge in [0.15, 0.2) is 0 Å². The number of carbonyl (C=O) groups is 1. The maximum Gasteiger partial charge on any atom is 0.239 e. The third-order valence-corrected chi connectivity index (χ3v) is 5.07. The zero-order valence-electron chi connectivity index (χ0n) is 14.0. The van der Waals surface area contributed by atoms with Crippen LogP contribution in [0, 0.1) is 0 Å². The fourth-order valence-electron chi connectivity index (χ4n) is 3.67. The second-order valence-electron chi connectivity index (χ2n) is 7.00. The Balaban J connectivity index is 1.51. The summed E-state index contributed by atoms with van der Waals surface area (Å²) >= 11 is 0. The molecule has 2 aliphatic rings. The van der Waals surface area contributed by atoms with Crippen LogP contribution < -0.4 is 5.73 Å². The van der Waals surface area contributed by atoms with E-state index in [0.717, 1.165) is 38.0 Å². The number of amides is 1. The van der Waals surface area contributed by atoms with Gasteiger partial charge in [0, 0.05) is 19.6 Å². The molecule has 1 aromatic rings. The Morgan fingerprint density at radius 3 is 2.13 bits per heavy atom. The van der Waals surface area contributed by atoms with Crippen molar-refractivity contribution in [3.05, 3.63) is 35.4 Å². The van der Waals surface area contributed by atoms with Crippen molar-refractivity contribution in [3.63, 3.8) is 0 Å². The van der Waals surface area contributed by atoms with Gasteiger partial charge in [-0.15, -0.1) is 0 Å². The van der Waals surface area contributed by atoms with Crippen LogP contribution in [0.15, 0.2) is 24.3 Å². The maximum absolute atomic E-state index is 12.3. The summed E-state index contributed by atoms with van der Waals surface area (Å²) in [7, 11) is 0. The van der Waals surface area contributed by atoms with E-state index in [4.69, 9.17) is 5.73 Å². The molecule has 0 radical (unpaired) electrons. The lowest BCUT2D eigenvalue weighted by molar-refractivity contribution is -0.131. The molecule has 4 nitrogen and oxygen atoms in total. The van der Waals surface area contributed by atoms with Crippen molar-refractivity contribution in [3.8, 4) is 0 Å². The van der Waals surface area contributed by atoms with Crippen molar-refractivity contribution in [2.24, 2.45) is 5.73 Å². The number of nitrogens with zero attached hydrogens (tertiary/aromatic N) is 2. The van der Waals surface area contributed by atoms with Crippen molar-refractivity contribution in [2.45, 2.75) is 51.1 Å². The van der Waals surface area contributed by atoms with Gasteiger partial charge in [0.1, 0.15) is 0 Å². The lowest BCUT2D eigenvalue weighted by Gasteiger charge is -2.26. The number of nitrogens with two attached hydrogens (primary N) is 1. The third kappa shape index (κ3) is 4.55. The predicted molar refractivity (Wildman–Crippen MR) is 93.1 cm³/mol. The van der Waals surface area contributed by atoms with E-state index in [1.807, 2.05) is 4.90 Å². The minimum atomic E-state index is -0.402. The highest BCUT2D eigenvalue weighted by atomic mass is 16.2. The average molecular weight is 315 g/mol. The van der Waals surface area contributed by atoms with Gasteiger partial charge in [-0.3, -0.25) is 9.69 Å². The number of carbonyl (C=O) groups excluding carboxylic acids is 1. The molecule has 2 saturated heterocycles. The molecule has 1 aromatic carbocycles. The molecule has 0 unspecified atom stereocenters. The van der Waals surface area contributed by atoms with Crippen molar-refractivity contribution in [1.82, 2.24) is 9.80 Å². The summed E-state index contributed by atoms with van der Waals surface area (Å²) in [6.45, 7) is 5.23. The van der Waals surface area contributed by atoms with E-state index >= 15 is 0 Å². The largest absolute Gasteiger partial charge is 0.341 e. The minimum Gasteiger partial charge on any atom is -0.341 e. The fraction of sp³-hybridized carbons (Fsp3) is 0.632. The Morgan fingerprint density at radius 1 is 0.913 bits per heavy atom. The van der Waals surface area contributed by atoms with Gasteiger partial charge < -0.3 is 10.6 Å². The van der Waals surface area contributed by atoms with E-state index < -0.39 is 6.04 Å². The van der Waals surface area contributed by atoms with Gasteiger partial charge in [-0.05, 0) is 56.3 Å². The molecule has 2 fully saturated rings. The maximum atomic E-state index is 12.3. The van der Waals surface area contributed by atoms with Gasteiger partial charge in [-0.2, -0.15) is 0 Å². The number of hydrogen-bond donors (Lipinski definition) is 1. The molecular weight excluding hydrogens is 286 g/mol. The lowest BCUT2D eigenvalue weighted by Crippen LogP contribution is -2.43. The molecule has 0 bridgehead atoms. The van der Waals surface area contributed by atoms with Gasteiger partial charge >= 0.3 is 0 Å². The van der Waals surface area contributed by atoms with E-state index in [1.54, 1.807) is 0 Å². The molecule has 4 heteroatoms. The smallest absolute Gasteiger partial charge is 0.239 e. The quantitative estimate of drug-likeness (QED) is 0.906. The van der Waals surface area contributed by atoms with E-state index in [1.165, 1.54) is 37.9 Å². The lowest BCUT2D eigenvalue weighted by atomic mass is 10.0. The Labute approximate surface area is 139 Å². The van der Waals surface area contributed by atoms with Crippen LogP contribution in [-0.4, -0.2) is 47.9 Å². The highest BCUT2D eigenvalue weighted by Gasteiger charge is 2.23. The second-order valence-corrected chi connectivity index (χ2v) is 7.00. The molecular formula is C19H29N3O. The normalized spacial score (nSPS) is 20.7. The standard InChI is InChI=1S/C19H29N3O/c20-18(19(23)22-12-4-5-13-22)14-16-6-8-17(9-7-16)15-21-10-2-1-3-11-21/h6-9,18H,1-5,10-15,20H2/t18-/m0/s1. The highest BCUT2D eigenvalue weighted by molar-refractivity contribution is 5.82. The van der Waals surface area contributed by atoms with Crippen molar-refractivity contribution >= 4 is 5.91 Å². The van der Waals surface area contributed by atoms with Crippen LogP contribution in [0.4, 0.5) is 0 Å². The molecule has 2 heterocycles. The fourth-order valence-corrected chi connectivity index (χ4v) is 3.67. The number of likely N-dealkylation sites (tertiary alicyclic amines) is 2. The summed E-state index contributed by atoms with van der Waals surface area (Å²) in [4.78, 5) is 16.7. The molecule has 0 spiro atoms. The van der Waals surface area contributed by atoms with Crippen LogP contribution >= 0.6 is 0 Å². The van der Waals surface area contributed by atoms with Gasteiger partial charge in [0.05, 0.1) is 6.04 Å². The SMILES string of the molecule is N[C@@H](Cc1ccc(CN2CCCCC2)cc1)C(=O)N1CCCC1. The van der Waals surface area contributed by atoms with E-state index in [2.05, 4.69) is 29.2 Å². The van der Waals surface area contributed by atoms with E-state index in [-0.39, 0.29) is 5.91 Å². The first kappa shape index (κ1) is 16.5. The first-order chi connectivity index (χ1) is 11.2. The van der Waals surface area contributed by atoms with Crippen LogP contribution in [0.3, 0.4) is 0 Å². The zero-order valence-corrected chi connectivity index (χ0v) is 14.0. The van der Waals surface area contributed by atoms with E-state index in [0.29, 0.717) is 6.42 Å². The minimum absolute atomic E-state index is 0.111. The van der Waals surface area contributed by atoms with Crippen molar-refractivity contribution in [2.75, 3.05) is 26.2 Å². The molecule has 2 aliphatic heterocycles. The van der Waals surface area contributed by atoms with Crippen molar-refractivity contribution in [1.29, 1.82) is 0 Å². The number of hydrogen-bond acceptors (Lipinski definition) is 3. The topological polar surface area (TPSA) is 49.6 Å².